The maximum atomic E-state index is 12.0. The predicted molar refractivity (Wildman–Crippen MR) is 77.2 cm³/mol. The van der Waals surface area contributed by atoms with Gasteiger partial charge in [0.1, 0.15) is 5.76 Å². The van der Waals surface area contributed by atoms with Crippen molar-refractivity contribution in [2.75, 3.05) is 12.8 Å². The number of nitrogens with two attached hydrogens (primary N) is 1. The lowest BCUT2D eigenvalue weighted by atomic mass is 10.3. The minimum atomic E-state index is -3.60. The zero-order valence-corrected chi connectivity index (χ0v) is 12.9. The van der Waals surface area contributed by atoms with Crippen LogP contribution < -0.4 is 10.5 Å². The molecule has 8 heteroatoms. The van der Waals surface area contributed by atoms with Crippen LogP contribution in [0.25, 0.3) is 0 Å². The van der Waals surface area contributed by atoms with Gasteiger partial charge >= 0.3 is 0 Å². The first-order valence-corrected chi connectivity index (χ1v) is 8.08. The molecule has 0 aliphatic carbocycles. The van der Waals surface area contributed by atoms with Crippen LogP contribution in [0.2, 0.25) is 0 Å². The summed E-state index contributed by atoms with van der Waals surface area (Å²) in [6, 6.07) is 4.69. The van der Waals surface area contributed by atoms with Crippen molar-refractivity contribution in [1.82, 2.24) is 9.71 Å². The Kier molecular flexibility index (Phi) is 4.07. The Morgan fingerprint density at radius 1 is 1.35 bits per heavy atom. The second kappa shape index (κ2) is 5.47. The van der Waals surface area contributed by atoms with Crippen molar-refractivity contribution in [2.24, 2.45) is 0 Å². The summed E-state index contributed by atoms with van der Waals surface area (Å²) in [7, 11) is -2.24. The second-order valence-electron chi connectivity index (χ2n) is 4.14. The molecule has 0 fully saturated rings. The maximum absolute atomic E-state index is 12.0. The third kappa shape index (κ3) is 2.97. The van der Waals surface area contributed by atoms with Gasteiger partial charge in [-0.15, -0.1) is 0 Å². The zero-order chi connectivity index (χ0) is 14.9. The molecule has 1 aromatic heterocycles. The molecular weight excluding hydrogens is 298 g/mol. The van der Waals surface area contributed by atoms with Gasteiger partial charge in [-0.05, 0) is 50.9 Å². The van der Waals surface area contributed by atoms with E-state index in [1.54, 1.807) is 19.1 Å². The van der Waals surface area contributed by atoms with Gasteiger partial charge in [-0.3, -0.25) is 0 Å². The minimum absolute atomic E-state index is 0.110. The summed E-state index contributed by atoms with van der Waals surface area (Å²) in [6.45, 7) is 3.64. The molecule has 2 rings (SSSR count). The van der Waals surface area contributed by atoms with E-state index in [2.05, 4.69) is 9.71 Å². The van der Waals surface area contributed by atoms with E-state index in [4.69, 9.17) is 10.2 Å². The van der Waals surface area contributed by atoms with Crippen molar-refractivity contribution in [3.8, 4) is 0 Å². The summed E-state index contributed by atoms with van der Waals surface area (Å²) in [5.41, 5.74) is 6.82. The van der Waals surface area contributed by atoms with E-state index in [1.807, 2.05) is 6.92 Å². The Bertz CT molecular complexity index is 719. The molecule has 1 heterocycles. The summed E-state index contributed by atoms with van der Waals surface area (Å²) in [5.74, 6) is 0.709. The average molecular weight is 313 g/mol. The number of nitrogens with zero attached hydrogens (tertiary/aromatic N) is 1. The Labute approximate surface area is 121 Å². The van der Waals surface area contributed by atoms with Crippen LogP contribution in [-0.2, 0) is 10.0 Å². The van der Waals surface area contributed by atoms with Crippen molar-refractivity contribution in [3.05, 3.63) is 29.7 Å². The highest BCUT2D eigenvalue weighted by Crippen LogP contribution is 2.34. The fourth-order valence-corrected chi connectivity index (χ4v) is 3.64. The predicted octanol–water partition coefficient (Wildman–Crippen LogP) is 1.93. The number of benzene rings is 1. The van der Waals surface area contributed by atoms with Gasteiger partial charge in [0.15, 0.2) is 0 Å². The molecule has 0 saturated carbocycles. The van der Waals surface area contributed by atoms with Crippen LogP contribution in [0.3, 0.4) is 0 Å². The smallest absolute Gasteiger partial charge is 0.261 e. The van der Waals surface area contributed by atoms with Crippen molar-refractivity contribution in [2.45, 2.75) is 28.9 Å². The molecular formula is C12H15N3O3S2. The summed E-state index contributed by atoms with van der Waals surface area (Å²) in [5, 5.41) is 0.400. The van der Waals surface area contributed by atoms with Crippen LogP contribution in [0, 0.1) is 13.8 Å². The summed E-state index contributed by atoms with van der Waals surface area (Å²) in [6.07, 6.45) is 0. The number of rotatable bonds is 4. The monoisotopic (exact) mass is 313 g/mol. The summed E-state index contributed by atoms with van der Waals surface area (Å²) >= 11 is 1.15. The van der Waals surface area contributed by atoms with Gasteiger partial charge in [-0.25, -0.2) is 18.1 Å². The van der Waals surface area contributed by atoms with Gasteiger partial charge in [-0.1, -0.05) is 0 Å². The minimum Gasteiger partial charge on any atom is -0.436 e. The fourth-order valence-electron chi connectivity index (χ4n) is 1.51. The topological polar surface area (TPSA) is 98.2 Å². The van der Waals surface area contributed by atoms with Crippen LogP contribution in [0.15, 0.2) is 37.6 Å². The molecule has 0 atom stereocenters. The first-order valence-electron chi connectivity index (χ1n) is 5.78. The van der Waals surface area contributed by atoms with E-state index < -0.39 is 10.0 Å². The standard InChI is InChI=1S/C12H15N3O3S2/c1-7-8(2)18-12(15-7)19-10-5-4-9(13)6-11(10)20(16,17)14-3/h4-6,14H,13H2,1-3H3. The van der Waals surface area contributed by atoms with Gasteiger partial charge in [0.2, 0.25) is 10.0 Å². The SMILES string of the molecule is CNS(=O)(=O)c1cc(N)ccc1Sc1nc(C)c(C)o1. The molecule has 0 saturated heterocycles. The Morgan fingerprint density at radius 2 is 2.05 bits per heavy atom. The number of anilines is 1. The highest BCUT2D eigenvalue weighted by molar-refractivity contribution is 8.00. The van der Waals surface area contributed by atoms with Crippen LogP contribution in [0.1, 0.15) is 11.5 Å². The third-order valence-electron chi connectivity index (χ3n) is 2.73. The van der Waals surface area contributed by atoms with E-state index in [9.17, 15) is 8.42 Å². The number of aromatic nitrogens is 1. The molecule has 20 heavy (non-hydrogen) atoms. The molecule has 6 nitrogen and oxygen atoms in total. The largest absolute Gasteiger partial charge is 0.436 e. The Morgan fingerprint density at radius 3 is 2.60 bits per heavy atom. The molecule has 108 valence electrons. The van der Waals surface area contributed by atoms with Crippen molar-refractivity contribution in [3.63, 3.8) is 0 Å². The lowest BCUT2D eigenvalue weighted by molar-refractivity contribution is 0.431. The highest BCUT2D eigenvalue weighted by Gasteiger charge is 2.19. The van der Waals surface area contributed by atoms with Gasteiger partial charge in [0, 0.05) is 10.6 Å². The quantitative estimate of drug-likeness (QED) is 0.837. The molecule has 2 aromatic rings. The van der Waals surface area contributed by atoms with Crippen molar-refractivity contribution < 1.29 is 12.8 Å². The number of nitrogen functional groups attached to an aromatic ring is 1. The lowest BCUT2D eigenvalue weighted by Gasteiger charge is -2.08. The zero-order valence-electron chi connectivity index (χ0n) is 11.3. The molecule has 3 N–H and O–H groups in total. The highest BCUT2D eigenvalue weighted by atomic mass is 32.2. The first-order chi connectivity index (χ1) is 9.33. The van der Waals surface area contributed by atoms with Crippen molar-refractivity contribution in [1.29, 1.82) is 0 Å². The van der Waals surface area contributed by atoms with Crippen LogP contribution in [0.5, 0.6) is 0 Å². The molecule has 0 aliphatic rings. The number of aryl methyl sites for hydroxylation is 2. The average Bonchev–Trinajstić information content (AvgIpc) is 2.70. The molecule has 0 bridgehead atoms. The van der Waals surface area contributed by atoms with Gasteiger partial charge < -0.3 is 10.2 Å². The number of hydrogen-bond acceptors (Lipinski definition) is 6. The molecule has 0 amide bonds. The summed E-state index contributed by atoms with van der Waals surface area (Å²) < 4.78 is 31.7. The number of oxazole rings is 1. The molecule has 0 aliphatic heterocycles. The number of hydrogen-bond donors (Lipinski definition) is 2. The third-order valence-corrected chi connectivity index (χ3v) is 5.24. The molecule has 0 spiro atoms. The van der Waals surface area contributed by atoms with Crippen LogP contribution in [-0.4, -0.2) is 20.4 Å². The normalized spacial score (nSPS) is 11.8. The van der Waals surface area contributed by atoms with Crippen molar-refractivity contribution >= 4 is 27.5 Å². The Hall–Kier alpha value is -1.51. The fraction of sp³-hybridized carbons (Fsp3) is 0.250. The maximum Gasteiger partial charge on any atom is 0.261 e. The van der Waals surface area contributed by atoms with Gasteiger partial charge in [-0.2, -0.15) is 0 Å². The van der Waals surface area contributed by atoms with E-state index in [0.29, 0.717) is 21.6 Å². The lowest BCUT2D eigenvalue weighted by Crippen LogP contribution is -2.19. The molecule has 1 aromatic carbocycles. The summed E-state index contributed by atoms with van der Waals surface area (Å²) in [4.78, 5) is 4.85. The van der Waals surface area contributed by atoms with Crippen LogP contribution >= 0.6 is 11.8 Å². The second-order valence-corrected chi connectivity index (χ2v) is 6.99. The van der Waals surface area contributed by atoms with E-state index in [0.717, 1.165) is 17.5 Å². The molecule has 0 unspecified atom stereocenters. The van der Waals surface area contributed by atoms with Gasteiger partial charge in [0.25, 0.3) is 5.22 Å². The van der Waals surface area contributed by atoms with Crippen LogP contribution in [0.4, 0.5) is 5.69 Å². The first kappa shape index (κ1) is 14.9. The van der Waals surface area contributed by atoms with E-state index >= 15 is 0 Å². The number of nitrogens with one attached hydrogen (secondary N) is 1. The van der Waals surface area contributed by atoms with E-state index in [1.165, 1.54) is 13.1 Å². The Balaban J connectivity index is 2.47. The van der Waals surface area contributed by atoms with Gasteiger partial charge in [0.05, 0.1) is 10.6 Å². The van der Waals surface area contributed by atoms with E-state index in [-0.39, 0.29) is 4.90 Å². The number of sulfonamides is 1. The molecule has 0 radical (unpaired) electrons.